The Morgan fingerprint density at radius 1 is 1.56 bits per heavy atom. The number of Topliss-reactive ketones (excluding diaryl/α,β-unsaturated/α-hetero) is 1. The van der Waals surface area contributed by atoms with E-state index in [1.165, 1.54) is 6.92 Å². The van der Waals surface area contributed by atoms with Crippen molar-refractivity contribution in [2.75, 3.05) is 18.0 Å². The summed E-state index contributed by atoms with van der Waals surface area (Å²) in [5, 5.41) is 9.85. The number of nitrogens with zero attached hydrogens (tertiary/aromatic N) is 2. The van der Waals surface area contributed by atoms with E-state index in [4.69, 9.17) is 0 Å². The van der Waals surface area contributed by atoms with Gasteiger partial charge in [0.15, 0.2) is 5.78 Å². The van der Waals surface area contributed by atoms with Crippen LogP contribution >= 0.6 is 0 Å². The van der Waals surface area contributed by atoms with Gasteiger partial charge in [0, 0.05) is 20.0 Å². The molecule has 1 aromatic heterocycles. The molecule has 1 aliphatic rings. The summed E-state index contributed by atoms with van der Waals surface area (Å²) in [5.74, 6) is -0.0278. The van der Waals surface area contributed by atoms with Crippen molar-refractivity contribution < 1.29 is 9.90 Å². The first-order valence-electron chi connectivity index (χ1n) is 5.42. The zero-order valence-electron chi connectivity index (χ0n) is 9.60. The normalized spacial score (nSPS) is 24.8. The predicted octanol–water partition coefficient (Wildman–Crippen LogP) is 1.25. The second kappa shape index (κ2) is 3.87. The predicted molar refractivity (Wildman–Crippen MR) is 61.7 cm³/mol. The van der Waals surface area contributed by atoms with Gasteiger partial charge < -0.3 is 10.0 Å². The van der Waals surface area contributed by atoms with Crippen molar-refractivity contribution >= 4 is 11.5 Å². The van der Waals surface area contributed by atoms with E-state index in [-0.39, 0.29) is 5.78 Å². The Labute approximate surface area is 94.9 Å². The second-order valence-corrected chi connectivity index (χ2v) is 4.63. The van der Waals surface area contributed by atoms with Gasteiger partial charge in [-0.25, -0.2) is 0 Å². The van der Waals surface area contributed by atoms with E-state index in [0.717, 1.165) is 18.7 Å². The molecule has 0 amide bonds. The van der Waals surface area contributed by atoms with Crippen molar-refractivity contribution in [1.29, 1.82) is 0 Å². The lowest BCUT2D eigenvalue weighted by atomic mass is 10.1. The number of ketones is 1. The first kappa shape index (κ1) is 11.1. The van der Waals surface area contributed by atoms with Gasteiger partial charge in [0.25, 0.3) is 0 Å². The summed E-state index contributed by atoms with van der Waals surface area (Å²) < 4.78 is 0. The molecule has 86 valence electrons. The van der Waals surface area contributed by atoms with Gasteiger partial charge in [-0.1, -0.05) is 0 Å². The number of anilines is 1. The summed E-state index contributed by atoms with van der Waals surface area (Å²) in [6.07, 6.45) is 2.46. The molecule has 16 heavy (non-hydrogen) atoms. The maximum absolute atomic E-state index is 11.1. The molecule has 1 saturated heterocycles. The van der Waals surface area contributed by atoms with Crippen LogP contribution in [0.5, 0.6) is 0 Å². The van der Waals surface area contributed by atoms with Gasteiger partial charge in [0.1, 0.15) is 5.69 Å². The summed E-state index contributed by atoms with van der Waals surface area (Å²) in [6.45, 7) is 4.79. The van der Waals surface area contributed by atoms with Crippen LogP contribution in [0.25, 0.3) is 0 Å². The van der Waals surface area contributed by atoms with Gasteiger partial charge in [-0.15, -0.1) is 0 Å². The van der Waals surface area contributed by atoms with E-state index in [0.29, 0.717) is 12.2 Å². The number of aromatic nitrogens is 1. The lowest BCUT2D eigenvalue weighted by Crippen LogP contribution is -2.29. The zero-order valence-corrected chi connectivity index (χ0v) is 9.60. The maximum atomic E-state index is 11.1. The number of β-amino-alcohol motifs (C(OH)–C–C–N with tert-alkyl or cyclic N) is 1. The highest BCUT2D eigenvalue weighted by Gasteiger charge is 2.31. The topological polar surface area (TPSA) is 53.4 Å². The molecular formula is C12H16N2O2. The average molecular weight is 220 g/mol. The summed E-state index contributed by atoms with van der Waals surface area (Å²) in [5.41, 5.74) is 0.830. The van der Waals surface area contributed by atoms with Crippen LogP contribution in [0.15, 0.2) is 18.3 Å². The van der Waals surface area contributed by atoms with Crippen molar-refractivity contribution in [2.45, 2.75) is 25.9 Å². The molecule has 0 radical (unpaired) electrons. The van der Waals surface area contributed by atoms with Crippen LogP contribution in [-0.4, -0.2) is 34.6 Å². The Morgan fingerprint density at radius 3 is 2.75 bits per heavy atom. The van der Waals surface area contributed by atoms with Crippen LogP contribution in [0.2, 0.25) is 0 Å². The molecule has 1 atom stereocenters. The minimum Gasteiger partial charge on any atom is -0.388 e. The third-order valence-electron chi connectivity index (χ3n) is 2.93. The molecule has 4 heteroatoms. The van der Waals surface area contributed by atoms with E-state index in [9.17, 15) is 9.90 Å². The van der Waals surface area contributed by atoms with Gasteiger partial charge >= 0.3 is 0 Å². The van der Waals surface area contributed by atoms with E-state index in [1.807, 2.05) is 13.0 Å². The molecular weight excluding hydrogens is 204 g/mol. The molecule has 0 bridgehead atoms. The van der Waals surface area contributed by atoms with E-state index in [1.54, 1.807) is 12.3 Å². The Hall–Kier alpha value is -1.42. The fourth-order valence-electron chi connectivity index (χ4n) is 1.95. The fraction of sp³-hybridized carbons (Fsp3) is 0.500. The van der Waals surface area contributed by atoms with Crippen LogP contribution in [0.4, 0.5) is 5.69 Å². The molecule has 1 aliphatic heterocycles. The van der Waals surface area contributed by atoms with Crippen LogP contribution in [-0.2, 0) is 0 Å². The summed E-state index contributed by atoms with van der Waals surface area (Å²) in [4.78, 5) is 17.2. The molecule has 4 nitrogen and oxygen atoms in total. The summed E-state index contributed by atoms with van der Waals surface area (Å²) >= 11 is 0. The van der Waals surface area contributed by atoms with Crippen molar-refractivity contribution in [3.8, 4) is 0 Å². The minimum atomic E-state index is -0.612. The monoisotopic (exact) mass is 220 g/mol. The van der Waals surface area contributed by atoms with Crippen molar-refractivity contribution in [3.63, 3.8) is 0 Å². The zero-order chi connectivity index (χ0) is 11.8. The standard InChI is InChI=1S/C12H16N2O2/c1-9(15)11-4-3-10(7-13-11)14-6-5-12(2,16)8-14/h3-4,7,16H,5-6,8H2,1-2H3. The summed E-state index contributed by atoms with van der Waals surface area (Å²) in [6, 6.07) is 3.61. The highest BCUT2D eigenvalue weighted by atomic mass is 16.3. The molecule has 2 rings (SSSR count). The molecule has 0 aliphatic carbocycles. The van der Waals surface area contributed by atoms with E-state index < -0.39 is 5.60 Å². The first-order valence-corrected chi connectivity index (χ1v) is 5.42. The third-order valence-corrected chi connectivity index (χ3v) is 2.93. The number of aliphatic hydroxyl groups is 1. The van der Waals surface area contributed by atoms with Crippen LogP contribution in [0.1, 0.15) is 30.8 Å². The molecule has 1 N–H and O–H groups in total. The maximum Gasteiger partial charge on any atom is 0.178 e. The lowest BCUT2D eigenvalue weighted by molar-refractivity contribution is 0.0839. The van der Waals surface area contributed by atoms with Gasteiger partial charge in [-0.2, -0.15) is 0 Å². The smallest absolute Gasteiger partial charge is 0.178 e. The number of hydrogen-bond acceptors (Lipinski definition) is 4. The first-order chi connectivity index (χ1) is 7.48. The molecule has 0 saturated carbocycles. The fourth-order valence-corrected chi connectivity index (χ4v) is 1.95. The van der Waals surface area contributed by atoms with Crippen molar-refractivity contribution in [3.05, 3.63) is 24.0 Å². The Morgan fingerprint density at radius 2 is 2.31 bits per heavy atom. The number of hydrogen-bond donors (Lipinski definition) is 1. The molecule has 1 aromatic rings. The minimum absolute atomic E-state index is 0.0278. The number of rotatable bonds is 2. The quantitative estimate of drug-likeness (QED) is 0.762. The summed E-state index contributed by atoms with van der Waals surface area (Å²) in [7, 11) is 0. The molecule has 0 spiro atoms. The average Bonchev–Trinajstić information content (AvgIpc) is 2.59. The number of pyridine rings is 1. The van der Waals surface area contributed by atoms with Crippen LogP contribution in [0.3, 0.4) is 0 Å². The van der Waals surface area contributed by atoms with Crippen molar-refractivity contribution in [1.82, 2.24) is 4.98 Å². The largest absolute Gasteiger partial charge is 0.388 e. The van der Waals surface area contributed by atoms with E-state index >= 15 is 0 Å². The third kappa shape index (κ3) is 2.22. The van der Waals surface area contributed by atoms with Gasteiger partial charge in [-0.3, -0.25) is 9.78 Å². The Bertz CT molecular complexity index is 398. The van der Waals surface area contributed by atoms with E-state index in [2.05, 4.69) is 9.88 Å². The number of carbonyl (C=O) groups is 1. The Kier molecular flexibility index (Phi) is 2.68. The van der Waals surface area contributed by atoms with Gasteiger partial charge in [0.2, 0.25) is 0 Å². The highest BCUT2D eigenvalue weighted by molar-refractivity contribution is 5.92. The lowest BCUT2D eigenvalue weighted by Gasteiger charge is -2.20. The van der Waals surface area contributed by atoms with Gasteiger partial charge in [-0.05, 0) is 25.5 Å². The molecule has 0 aromatic carbocycles. The number of carbonyl (C=O) groups excluding carboxylic acids is 1. The molecule has 2 heterocycles. The van der Waals surface area contributed by atoms with Crippen LogP contribution in [0, 0.1) is 0 Å². The Balaban J connectivity index is 2.14. The van der Waals surface area contributed by atoms with Gasteiger partial charge in [0.05, 0.1) is 17.5 Å². The molecule has 1 fully saturated rings. The highest BCUT2D eigenvalue weighted by Crippen LogP contribution is 2.25. The molecule has 1 unspecified atom stereocenters. The van der Waals surface area contributed by atoms with Crippen LogP contribution < -0.4 is 4.90 Å². The SMILES string of the molecule is CC(=O)c1ccc(N2CCC(C)(O)C2)cn1. The van der Waals surface area contributed by atoms with Crippen molar-refractivity contribution in [2.24, 2.45) is 0 Å². The second-order valence-electron chi connectivity index (χ2n) is 4.63.